The molecule has 1 unspecified atom stereocenters. The third-order valence-electron chi connectivity index (χ3n) is 5.80. The largest absolute Gasteiger partial charge is 0.355 e. The van der Waals surface area contributed by atoms with E-state index in [2.05, 4.69) is 22.1 Å². The van der Waals surface area contributed by atoms with E-state index >= 15 is 0 Å². The van der Waals surface area contributed by atoms with Crippen LogP contribution in [0.4, 0.5) is 0 Å². The molecule has 6 nitrogen and oxygen atoms in total. The van der Waals surface area contributed by atoms with Gasteiger partial charge in [-0.25, -0.2) is 4.98 Å². The summed E-state index contributed by atoms with van der Waals surface area (Å²) in [6.07, 6.45) is 7.45. The molecule has 0 radical (unpaired) electrons. The molecule has 1 aliphatic rings. The van der Waals surface area contributed by atoms with Gasteiger partial charge in [-0.15, -0.1) is 22.7 Å². The number of unbranched alkanes of at least 4 members (excludes halogenated alkanes) is 1. The van der Waals surface area contributed by atoms with Gasteiger partial charge in [0, 0.05) is 28.4 Å². The first-order valence-corrected chi connectivity index (χ1v) is 12.4. The Morgan fingerprint density at radius 3 is 3.00 bits per heavy atom. The summed E-state index contributed by atoms with van der Waals surface area (Å²) >= 11 is 3.06. The van der Waals surface area contributed by atoms with Crippen molar-refractivity contribution in [1.29, 1.82) is 0 Å². The van der Waals surface area contributed by atoms with Crippen LogP contribution < -0.4 is 10.9 Å². The van der Waals surface area contributed by atoms with E-state index in [1.54, 1.807) is 11.3 Å². The van der Waals surface area contributed by atoms with Crippen molar-refractivity contribution >= 4 is 38.8 Å². The number of aromatic nitrogens is 2. The van der Waals surface area contributed by atoms with E-state index in [9.17, 15) is 9.59 Å². The number of hydrogen-bond acceptors (Lipinski definition) is 6. The highest BCUT2D eigenvalue weighted by Gasteiger charge is 2.17. The second-order valence-corrected chi connectivity index (χ2v) is 9.73. The van der Waals surface area contributed by atoms with Crippen LogP contribution in [-0.4, -0.2) is 46.0 Å². The number of nitrogens with one attached hydrogen (secondary N) is 1. The van der Waals surface area contributed by atoms with Crippen molar-refractivity contribution in [3.63, 3.8) is 0 Å². The Bertz CT molecular complexity index is 1040. The van der Waals surface area contributed by atoms with E-state index in [0.29, 0.717) is 22.8 Å². The molecule has 1 saturated heterocycles. The predicted molar refractivity (Wildman–Crippen MR) is 124 cm³/mol. The summed E-state index contributed by atoms with van der Waals surface area (Å²) in [5.74, 6) is -0.141. The number of carbonyl (C=O) groups is 1. The Morgan fingerprint density at radius 1 is 1.30 bits per heavy atom. The lowest BCUT2D eigenvalue weighted by molar-refractivity contribution is -0.121. The van der Waals surface area contributed by atoms with E-state index < -0.39 is 0 Å². The van der Waals surface area contributed by atoms with Crippen LogP contribution in [0.5, 0.6) is 0 Å². The first-order chi connectivity index (χ1) is 14.6. The lowest BCUT2D eigenvalue weighted by Crippen LogP contribution is -2.38. The van der Waals surface area contributed by atoms with Crippen LogP contribution in [0.1, 0.15) is 39.0 Å². The topological polar surface area (TPSA) is 67.2 Å². The molecule has 1 amide bonds. The number of thiophene rings is 2. The summed E-state index contributed by atoms with van der Waals surface area (Å²) in [4.78, 5) is 34.0. The highest BCUT2D eigenvalue weighted by Crippen LogP contribution is 2.33. The molecule has 4 heterocycles. The average molecular weight is 445 g/mol. The van der Waals surface area contributed by atoms with Crippen LogP contribution in [0.2, 0.25) is 0 Å². The number of nitrogens with zero attached hydrogens (tertiary/aromatic N) is 3. The fourth-order valence-corrected chi connectivity index (χ4v) is 5.78. The van der Waals surface area contributed by atoms with Gasteiger partial charge in [-0.1, -0.05) is 12.5 Å². The number of carbonyl (C=O) groups excluding carboxylic acids is 1. The normalized spacial score (nSPS) is 17.4. The first kappa shape index (κ1) is 21.2. The summed E-state index contributed by atoms with van der Waals surface area (Å²) in [6, 6.07) is 4.65. The smallest absolute Gasteiger partial charge is 0.263 e. The van der Waals surface area contributed by atoms with Gasteiger partial charge >= 0.3 is 0 Å². The molecule has 1 fully saturated rings. The fraction of sp³-hybridized carbons (Fsp3) is 0.500. The fourth-order valence-electron chi connectivity index (χ4n) is 4.06. The highest BCUT2D eigenvalue weighted by molar-refractivity contribution is 7.18. The number of rotatable bonds is 8. The third kappa shape index (κ3) is 4.82. The van der Waals surface area contributed by atoms with Gasteiger partial charge in [-0.3, -0.25) is 14.2 Å². The van der Waals surface area contributed by atoms with Gasteiger partial charge < -0.3 is 10.2 Å². The second-order valence-electron chi connectivity index (χ2n) is 7.92. The van der Waals surface area contributed by atoms with Crippen molar-refractivity contribution in [2.45, 2.75) is 51.6 Å². The summed E-state index contributed by atoms with van der Waals surface area (Å²) in [6.45, 7) is 5.25. The Kier molecular flexibility index (Phi) is 6.97. The van der Waals surface area contributed by atoms with E-state index in [4.69, 9.17) is 0 Å². The maximum Gasteiger partial charge on any atom is 0.263 e. The number of likely N-dealkylation sites (tertiary alicyclic amines) is 1. The Labute approximate surface area is 184 Å². The van der Waals surface area contributed by atoms with E-state index in [1.165, 1.54) is 48.0 Å². The first-order valence-electron chi connectivity index (χ1n) is 10.6. The monoisotopic (exact) mass is 444 g/mol. The van der Waals surface area contributed by atoms with Crippen molar-refractivity contribution in [2.24, 2.45) is 0 Å². The molecular weight excluding hydrogens is 416 g/mol. The molecule has 1 N–H and O–H groups in total. The maximum atomic E-state index is 13.0. The van der Waals surface area contributed by atoms with Crippen LogP contribution in [0.15, 0.2) is 34.0 Å². The Hall–Kier alpha value is -2.03. The van der Waals surface area contributed by atoms with Crippen LogP contribution in [0.25, 0.3) is 20.7 Å². The summed E-state index contributed by atoms with van der Waals surface area (Å²) in [5.41, 5.74) is 0.753. The molecule has 1 aliphatic heterocycles. The Morgan fingerprint density at radius 2 is 2.20 bits per heavy atom. The van der Waals surface area contributed by atoms with Crippen molar-refractivity contribution in [3.05, 3.63) is 39.6 Å². The second kappa shape index (κ2) is 9.85. The van der Waals surface area contributed by atoms with Crippen molar-refractivity contribution in [1.82, 2.24) is 19.8 Å². The minimum absolute atomic E-state index is 0.00462. The molecule has 160 valence electrons. The van der Waals surface area contributed by atoms with Crippen LogP contribution in [0.3, 0.4) is 0 Å². The molecule has 3 aromatic heterocycles. The summed E-state index contributed by atoms with van der Waals surface area (Å²) in [7, 11) is 0. The predicted octanol–water partition coefficient (Wildman–Crippen LogP) is 3.96. The van der Waals surface area contributed by atoms with Crippen LogP contribution in [0, 0.1) is 0 Å². The van der Waals surface area contributed by atoms with E-state index in [0.717, 1.165) is 29.8 Å². The van der Waals surface area contributed by atoms with Crippen molar-refractivity contribution in [3.8, 4) is 10.4 Å². The lowest BCUT2D eigenvalue weighted by Gasteiger charge is -2.33. The number of amides is 1. The molecule has 0 bridgehead atoms. The van der Waals surface area contributed by atoms with Gasteiger partial charge in [-0.2, -0.15) is 0 Å². The molecule has 3 aromatic rings. The maximum absolute atomic E-state index is 13.0. The molecule has 0 aliphatic carbocycles. The molecule has 0 aromatic carbocycles. The quantitative estimate of drug-likeness (QED) is 0.534. The number of piperidine rings is 1. The molecule has 8 heteroatoms. The van der Waals surface area contributed by atoms with E-state index in [-0.39, 0.29) is 18.0 Å². The SMILES string of the molecule is CC1CCCCN1CCCCNC(=O)Cn1cnc2scc(-c3cccs3)c2c1=O. The minimum atomic E-state index is -0.154. The number of hydrogen-bond donors (Lipinski definition) is 1. The third-order valence-corrected chi connectivity index (χ3v) is 7.59. The minimum Gasteiger partial charge on any atom is -0.355 e. The van der Waals surface area contributed by atoms with Gasteiger partial charge in [0.2, 0.25) is 5.91 Å². The molecule has 0 saturated carbocycles. The Balaban J connectivity index is 1.31. The molecular formula is C22H28N4O2S2. The molecule has 0 spiro atoms. The van der Waals surface area contributed by atoms with Crippen LogP contribution >= 0.6 is 22.7 Å². The van der Waals surface area contributed by atoms with Crippen molar-refractivity contribution < 1.29 is 4.79 Å². The molecule has 30 heavy (non-hydrogen) atoms. The highest BCUT2D eigenvalue weighted by atomic mass is 32.1. The van der Waals surface area contributed by atoms with E-state index in [1.807, 2.05) is 22.9 Å². The molecule has 1 atom stereocenters. The zero-order valence-corrected chi connectivity index (χ0v) is 18.9. The molecule has 4 rings (SSSR count). The summed E-state index contributed by atoms with van der Waals surface area (Å²) < 4.78 is 1.41. The zero-order valence-electron chi connectivity index (χ0n) is 17.3. The zero-order chi connectivity index (χ0) is 20.9. The van der Waals surface area contributed by atoms with Gasteiger partial charge in [0.1, 0.15) is 11.4 Å². The van der Waals surface area contributed by atoms with Crippen LogP contribution in [-0.2, 0) is 11.3 Å². The van der Waals surface area contributed by atoms with Gasteiger partial charge in [0.05, 0.1) is 11.7 Å². The standard InChI is InChI=1S/C22H28N4O2S2/c1-16-7-2-4-10-25(16)11-5-3-9-23-19(27)13-26-15-24-21-20(22(26)28)17(14-30-21)18-8-6-12-29-18/h6,8,12,14-16H,2-5,7,9-11,13H2,1H3,(H,23,27). The van der Waals surface area contributed by atoms with Gasteiger partial charge in [-0.05, 0) is 57.1 Å². The van der Waals surface area contributed by atoms with Gasteiger partial charge in [0.25, 0.3) is 5.56 Å². The van der Waals surface area contributed by atoms with Gasteiger partial charge in [0.15, 0.2) is 0 Å². The average Bonchev–Trinajstić information content (AvgIpc) is 3.41. The lowest BCUT2D eigenvalue weighted by atomic mass is 10.0. The number of fused-ring (bicyclic) bond motifs is 1. The summed E-state index contributed by atoms with van der Waals surface area (Å²) in [5, 5.41) is 7.52. The van der Waals surface area contributed by atoms with Crippen molar-refractivity contribution in [2.75, 3.05) is 19.6 Å².